The molecule has 20 heavy (non-hydrogen) atoms. The van der Waals surface area contributed by atoms with Crippen LogP contribution in [0, 0.1) is 5.92 Å². The van der Waals surface area contributed by atoms with Crippen LogP contribution in [-0.2, 0) is 9.53 Å². The normalized spacial score (nSPS) is 10.4. The van der Waals surface area contributed by atoms with Crippen molar-refractivity contribution in [1.82, 2.24) is 9.88 Å². The number of aromatic nitrogens is 1. The summed E-state index contributed by atoms with van der Waals surface area (Å²) in [5.74, 6) is -0.765. The van der Waals surface area contributed by atoms with Crippen molar-refractivity contribution >= 4 is 11.9 Å². The van der Waals surface area contributed by atoms with Crippen LogP contribution < -0.4 is 5.43 Å². The van der Waals surface area contributed by atoms with Crippen molar-refractivity contribution in [1.29, 1.82) is 0 Å². The molecular formula is C14H20N2O4. The van der Waals surface area contributed by atoms with E-state index in [2.05, 4.69) is 4.98 Å². The highest BCUT2D eigenvalue weighted by Gasteiger charge is 2.22. The molecule has 0 saturated carbocycles. The Labute approximate surface area is 117 Å². The first-order valence-corrected chi connectivity index (χ1v) is 6.57. The summed E-state index contributed by atoms with van der Waals surface area (Å²) in [6, 6.07) is 1.28. The molecule has 1 rings (SSSR count). The van der Waals surface area contributed by atoms with E-state index >= 15 is 0 Å². The van der Waals surface area contributed by atoms with Crippen LogP contribution in [0.15, 0.2) is 23.3 Å². The maximum Gasteiger partial charge on any atom is 0.325 e. The number of carbonyl (C=O) groups is 2. The quantitative estimate of drug-likeness (QED) is 0.789. The number of amides is 1. The first kappa shape index (κ1) is 15.9. The summed E-state index contributed by atoms with van der Waals surface area (Å²) >= 11 is 0. The fourth-order valence-electron chi connectivity index (χ4n) is 1.78. The van der Waals surface area contributed by atoms with Gasteiger partial charge < -0.3 is 14.6 Å². The van der Waals surface area contributed by atoms with E-state index in [1.54, 1.807) is 6.92 Å². The van der Waals surface area contributed by atoms with Gasteiger partial charge >= 0.3 is 5.97 Å². The Hall–Kier alpha value is -2.11. The van der Waals surface area contributed by atoms with Crippen molar-refractivity contribution in [3.8, 4) is 0 Å². The van der Waals surface area contributed by atoms with Crippen LogP contribution in [0.2, 0.25) is 0 Å². The number of nitrogens with one attached hydrogen (secondary N) is 1. The maximum atomic E-state index is 12.3. The van der Waals surface area contributed by atoms with Crippen molar-refractivity contribution in [3.05, 3.63) is 34.2 Å². The van der Waals surface area contributed by atoms with E-state index in [0.717, 1.165) is 0 Å². The highest BCUT2D eigenvalue weighted by atomic mass is 16.5. The smallest absolute Gasteiger partial charge is 0.325 e. The van der Waals surface area contributed by atoms with E-state index in [9.17, 15) is 14.4 Å². The van der Waals surface area contributed by atoms with E-state index < -0.39 is 11.9 Å². The summed E-state index contributed by atoms with van der Waals surface area (Å²) in [7, 11) is 0. The molecule has 0 fully saturated rings. The molecular weight excluding hydrogens is 260 g/mol. The van der Waals surface area contributed by atoms with Gasteiger partial charge in [0.25, 0.3) is 5.91 Å². The lowest BCUT2D eigenvalue weighted by Gasteiger charge is -2.23. The Morgan fingerprint density at radius 3 is 2.65 bits per heavy atom. The Morgan fingerprint density at radius 2 is 2.10 bits per heavy atom. The van der Waals surface area contributed by atoms with E-state index in [1.165, 1.54) is 23.4 Å². The van der Waals surface area contributed by atoms with Gasteiger partial charge in [-0.15, -0.1) is 0 Å². The Morgan fingerprint density at radius 1 is 1.40 bits per heavy atom. The number of nitrogens with zero attached hydrogens (tertiary/aromatic N) is 1. The summed E-state index contributed by atoms with van der Waals surface area (Å²) < 4.78 is 4.85. The Bertz CT molecular complexity index is 522. The van der Waals surface area contributed by atoms with Crippen LogP contribution in [0.5, 0.6) is 0 Å². The third-order valence-electron chi connectivity index (χ3n) is 2.55. The third kappa shape index (κ3) is 4.53. The van der Waals surface area contributed by atoms with E-state index in [4.69, 9.17) is 4.74 Å². The van der Waals surface area contributed by atoms with Crippen molar-refractivity contribution in [2.45, 2.75) is 20.8 Å². The Balaban J connectivity index is 2.93. The van der Waals surface area contributed by atoms with Gasteiger partial charge in [-0.05, 0) is 12.8 Å². The molecule has 1 aromatic rings. The van der Waals surface area contributed by atoms with E-state index in [0.29, 0.717) is 6.54 Å². The molecule has 0 atom stereocenters. The molecule has 0 aliphatic heterocycles. The second kappa shape index (κ2) is 7.47. The van der Waals surface area contributed by atoms with E-state index in [1.807, 2.05) is 13.8 Å². The Kier molecular flexibility index (Phi) is 5.96. The first-order chi connectivity index (χ1) is 9.45. The number of rotatable bonds is 6. The van der Waals surface area contributed by atoms with Gasteiger partial charge in [-0.3, -0.25) is 14.4 Å². The molecule has 0 aliphatic rings. The van der Waals surface area contributed by atoms with Gasteiger partial charge in [0.15, 0.2) is 5.43 Å². The van der Waals surface area contributed by atoms with Gasteiger partial charge in [0.2, 0.25) is 0 Å². The molecule has 0 radical (unpaired) electrons. The lowest BCUT2D eigenvalue weighted by Crippen LogP contribution is -2.40. The maximum absolute atomic E-state index is 12.3. The number of ether oxygens (including phenoxy) is 1. The first-order valence-electron chi connectivity index (χ1n) is 6.57. The summed E-state index contributed by atoms with van der Waals surface area (Å²) in [6.45, 7) is 6.05. The molecule has 1 aromatic heterocycles. The third-order valence-corrected chi connectivity index (χ3v) is 2.55. The predicted molar refractivity (Wildman–Crippen MR) is 74.4 cm³/mol. The summed E-state index contributed by atoms with van der Waals surface area (Å²) in [4.78, 5) is 39.6. The summed E-state index contributed by atoms with van der Waals surface area (Å²) in [5.41, 5.74) is -0.344. The zero-order chi connectivity index (χ0) is 15.1. The minimum Gasteiger partial charge on any atom is -0.465 e. The molecule has 110 valence electrons. The van der Waals surface area contributed by atoms with E-state index in [-0.39, 0.29) is 30.1 Å². The SMILES string of the molecule is CCOC(=O)CN(CC(C)C)C(=O)c1c[nH]ccc1=O. The van der Waals surface area contributed by atoms with Gasteiger partial charge in [0.1, 0.15) is 12.1 Å². The fraction of sp³-hybridized carbons (Fsp3) is 0.500. The van der Waals surface area contributed by atoms with Crippen molar-refractivity contribution in [2.24, 2.45) is 5.92 Å². The number of pyridine rings is 1. The van der Waals surface area contributed by atoms with Crippen molar-refractivity contribution in [2.75, 3.05) is 19.7 Å². The second-order valence-electron chi connectivity index (χ2n) is 4.81. The minimum absolute atomic E-state index is 0.0254. The number of hydrogen-bond acceptors (Lipinski definition) is 4. The highest BCUT2D eigenvalue weighted by molar-refractivity contribution is 5.95. The number of esters is 1. The van der Waals surface area contributed by atoms with Crippen LogP contribution >= 0.6 is 0 Å². The minimum atomic E-state index is -0.478. The van der Waals surface area contributed by atoms with Crippen LogP contribution in [-0.4, -0.2) is 41.5 Å². The number of carbonyl (C=O) groups excluding carboxylic acids is 2. The molecule has 0 saturated heterocycles. The van der Waals surface area contributed by atoms with Gasteiger partial charge in [-0.25, -0.2) is 0 Å². The van der Waals surface area contributed by atoms with Gasteiger partial charge in [-0.2, -0.15) is 0 Å². The molecule has 0 spiro atoms. The van der Waals surface area contributed by atoms with Crippen molar-refractivity contribution in [3.63, 3.8) is 0 Å². The highest BCUT2D eigenvalue weighted by Crippen LogP contribution is 2.04. The number of hydrogen-bond donors (Lipinski definition) is 1. The predicted octanol–water partition coefficient (Wildman–Crippen LogP) is 1.04. The van der Waals surface area contributed by atoms with Crippen LogP contribution in [0.1, 0.15) is 31.1 Å². The van der Waals surface area contributed by atoms with Gasteiger partial charge in [0, 0.05) is 25.0 Å². The monoisotopic (exact) mass is 280 g/mol. The standard InChI is InChI=1S/C14H20N2O4/c1-4-20-13(18)9-16(8-10(2)3)14(19)11-7-15-6-5-12(11)17/h5-7,10H,4,8-9H2,1-3H3,(H,15,17). The second-order valence-corrected chi connectivity index (χ2v) is 4.81. The molecule has 0 bridgehead atoms. The number of aromatic amines is 1. The van der Waals surface area contributed by atoms with Gasteiger partial charge in [0.05, 0.1) is 6.61 Å². The number of H-pyrrole nitrogens is 1. The van der Waals surface area contributed by atoms with Crippen LogP contribution in [0.4, 0.5) is 0 Å². The average Bonchev–Trinajstić information content (AvgIpc) is 2.37. The molecule has 1 heterocycles. The van der Waals surface area contributed by atoms with Crippen LogP contribution in [0.3, 0.4) is 0 Å². The topological polar surface area (TPSA) is 79.5 Å². The van der Waals surface area contributed by atoms with Crippen LogP contribution in [0.25, 0.3) is 0 Å². The molecule has 1 N–H and O–H groups in total. The summed E-state index contributed by atoms with van der Waals surface area (Å²) in [6.07, 6.45) is 2.81. The molecule has 0 unspecified atom stereocenters. The largest absolute Gasteiger partial charge is 0.465 e. The summed E-state index contributed by atoms with van der Waals surface area (Å²) in [5, 5.41) is 0. The molecule has 0 aromatic carbocycles. The average molecular weight is 280 g/mol. The molecule has 6 heteroatoms. The molecule has 0 aliphatic carbocycles. The molecule has 6 nitrogen and oxygen atoms in total. The zero-order valence-electron chi connectivity index (χ0n) is 12.0. The van der Waals surface area contributed by atoms with Crippen molar-refractivity contribution < 1.29 is 14.3 Å². The lowest BCUT2D eigenvalue weighted by molar-refractivity contribution is -0.143. The van der Waals surface area contributed by atoms with Gasteiger partial charge in [-0.1, -0.05) is 13.8 Å². The fourth-order valence-corrected chi connectivity index (χ4v) is 1.78. The zero-order valence-corrected chi connectivity index (χ0v) is 12.0. The molecule has 1 amide bonds. The lowest BCUT2D eigenvalue weighted by atomic mass is 10.1.